The van der Waals surface area contributed by atoms with Gasteiger partial charge in [-0.15, -0.1) is 11.3 Å². The van der Waals surface area contributed by atoms with Gasteiger partial charge in [0.2, 0.25) is 0 Å². The third-order valence-electron chi connectivity index (χ3n) is 9.87. The van der Waals surface area contributed by atoms with Crippen LogP contribution in [0.2, 0.25) is 0 Å². The number of nitrogens with one attached hydrogen (secondary N) is 1. The summed E-state index contributed by atoms with van der Waals surface area (Å²) in [4.78, 5) is 14.1. The molecule has 0 spiro atoms. The quantitative estimate of drug-likeness (QED) is 0.274. The highest BCUT2D eigenvalue weighted by Gasteiger charge is 2.41. The maximum Gasteiger partial charge on any atom is 0.319 e. The number of nitrogens with two attached hydrogens (primary N) is 1. The number of nitrogens with zero attached hydrogens (tertiary/aromatic N) is 5. The molecule has 10 nitrogen and oxygen atoms in total. The Labute approximate surface area is 262 Å². The van der Waals surface area contributed by atoms with Crippen molar-refractivity contribution in [1.82, 2.24) is 20.2 Å². The van der Waals surface area contributed by atoms with Crippen molar-refractivity contribution in [3.63, 3.8) is 0 Å². The van der Waals surface area contributed by atoms with Crippen LogP contribution in [0.15, 0.2) is 12.1 Å². The smallest absolute Gasteiger partial charge is 0.319 e. The number of fused-ring (bicyclic) bond motifs is 6. The number of aliphatic hydroxyl groups excluding tert-OH is 1. The molecule has 45 heavy (non-hydrogen) atoms. The summed E-state index contributed by atoms with van der Waals surface area (Å²) in [6.45, 7) is 3.66. The van der Waals surface area contributed by atoms with Gasteiger partial charge in [0, 0.05) is 59.0 Å². The van der Waals surface area contributed by atoms with Crippen LogP contribution < -0.4 is 20.7 Å². The second-order valence-electron chi connectivity index (χ2n) is 12.3. The van der Waals surface area contributed by atoms with Crippen molar-refractivity contribution >= 4 is 43.1 Å². The summed E-state index contributed by atoms with van der Waals surface area (Å²) >= 11 is 1.17. The minimum absolute atomic E-state index is 0.00590. The van der Waals surface area contributed by atoms with Gasteiger partial charge in [-0.25, -0.2) is 8.78 Å². The highest BCUT2D eigenvalue weighted by molar-refractivity contribution is 7.23. The monoisotopic (exact) mass is 633 g/mol. The van der Waals surface area contributed by atoms with E-state index in [0.29, 0.717) is 40.0 Å². The van der Waals surface area contributed by atoms with Crippen molar-refractivity contribution in [2.24, 2.45) is 0 Å². The first-order valence-electron chi connectivity index (χ1n) is 15.5. The third-order valence-corrected chi connectivity index (χ3v) is 10.9. The Kier molecular flexibility index (Phi) is 7.22. The van der Waals surface area contributed by atoms with Gasteiger partial charge >= 0.3 is 6.01 Å². The zero-order valence-corrected chi connectivity index (χ0v) is 25.4. The minimum Gasteiger partial charge on any atom is -0.462 e. The van der Waals surface area contributed by atoms with Crippen LogP contribution in [-0.2, 0) is 18.0 Å². The molecule has 0 radical (unpaired) electrons. The molecule has 2 aromatic carbocycles. The van der Waals surface area contributed by atoms with E-state index in [1.54, 1.807) is 6.07 Å². The largest absolute Gasteiger partial charge is 0.462 e. The molecule has 6 heterocycles. The Hall–Kier alpha value is -3.67. The summed E-state index contributed by atoms with van der Waals surface area (Å²) in [6, 6.07) is 5.48. The van der Waals surface area contributed by atoms with E-state index in [-0.39, 0.29) is 71.2 Å². The number of nitrogen functional groups attached to an aromatic ring is 1. The third kappa shape index (κ3) is 4.53. The number of hydrogen-bond donors (Lipinski definition) is 3. The molecule has 8 rings (SSSR count). The minimum atomic E-state index is -0.701. The summed E-state index contributed by atoms with van der Waals surface area (Å²) in [5.41, 5.74) is 7.63. The topological polar surface area (TPSA) is 133 Å². The number of ether oxygens (including phenoxy) is 2. The molecule has 2 unspecified atom stereocenters. The lowest BCUT2D eigenvalue weighted by Crippen LogP contribution is -2.52. The lowest BCUT2D eigenvalue weighted by molar-refractivity contribution is 0.135. The zero-order valence-electron chi connectivity index (χ0n) is 24.6. The Morgan fingerprint density at radius 2 is 1.91 bits per heavy atom. The van der Waals surface area contributed by atoms with Gasteiger partial charge in [0.25, 0.3) is 0 Å². The molecule has 0 aliphatic carbocycles. The fourth-order valence-corrected chi connectivity index (χ4v) is 8.77. The number of likely N-dealkylation sites (tertiary alicyclic amines) is 1. The van der Waals surface area contributed by atoms with Crippen LogP contribution in [-0.4, -0.2) is 77.5 Å². The van der Waals surface area contributed by atoms with E-state index in [4.69, 9.17) is 20.2 Å². The first kappa shape index (κ1) is 28.8. The fraction of sp³-hybridized carbons (Fsp3) is 0.469. The lowest BCUT2D eigenvalue weighted by atomic mass is 9.90. The van der Waals surface area contributed by atoms with Crippen LogP contribution in [0.25, 0.3) is 32.1 Å². The number of hydrogen-bond acceptors (Lipinski definition) is 11. The molecular weight excluding hydrogens is 600 g/mol. The molecule has 2 aromatic heterocycles. The number of nitriles is 1. The standard InChI is InChI=1S/C32H33F2N7O3S/c33-22-5-6-23-24(19(10-35)30(36)45-23)27(22)25-20-14-43-15-21(20)26-29(28(25)34)38-32(44-13-18-2-1-7-40(18)8-9-42)39-31(26)41-16-3-4-17(41)12-37-11-16/h5-6,16-18,37,42H,1-4,7-9,11-15,36H2/t16?,17?,18-/m0/s1. The van der Waals surface area contributed by atoms with Gasteiger partial charge in [0.1, 0.15) is 34.8 Å². The molecule has 234 valence electrons. The maximum atomic E-state index is 17.3. The van der Waals surface area contributed by atoms with Crippen molar-refractivity contribution in [3.8, 4) is 23.2 Å². The summed E-state index contributed by atoms with van der Waals surface area (Å²) in [5.74, 6) is -0.737. The van der Waals surface area contributed by atoms with Crippen molar-refractivity contribution in [2.45, 2.75) is 57.0 Å². The van der Waals surface area contributed by atoms with Crippen LogP contribution >= 0.6 is 11.3 Å². The van der Waals surface area contributed by atoms with Crippen LogP contribution in [0.4, 0.5) is 19.6 Å². The van der Waals surface area contributed by atoms with E-state index in [1.807, 2.05) is 0 Å². The van der Waals surface area contributed by atoms with Gasteiger partial charge in [0.15, 0.2) is 5.82 Å². The normalized spacial score (nSPS) is 22.9. The van der Waals surface area contributed by atoms with E-state index in [0.717, 1.165) is 50.9 Å². The van der Waals surface area contributed by atoms with Gasteiger partial charge in [-0.05, 0) is 55.5 Å². The number of aliphatic hydroxyl groups is 1. The number of benzene rings is 2. The number of aromatic nitrogens is 2. The van der Waals surface area contributed by atoms with E-state index in [2.05, 4.69) is 26.2 Å². The molecular formula is C32H33F2N7O3S. The predicted octanol–water partition coefficient (Wildman–Crippen LogP) is 4.05. The molecule has 4 N–H and O–H groups in total. The predicted molar refractivity (Wildman–Crippen MR) is 167 cm³/mol. The number of piperazine rings is 1. The van der Waals surface area contributed by atoms with E-state index in [1.165, 1.54) is 17.4 Å². The molecule has 0 amide bonds. The van der Waals surface area contributed by atoms with Gasteiger partial charge in [-0.2, -0.15) is 15.2 Å². The Balaban J connectivity index is 1.35. The summed E-state index contributed by atoms with van der Waals surface area (Å²) < 4.78 is 45.9. The molecule has 2 bridgehead atoms. The molecule has 4 aliphatic rings. The van der Waals surface area contributed by atoms with Crippen LogP contribution in [0.3, 0.4) is 0 Å². The summed E-state index contributed by atoms with van der Waals surface area (Å²) in [5, 5.41) is 24.1. The lowest BCUT2D eigenvalue weighted by Gasteiger charge is -2.37. The number of rotatable bonds is 7. The SMILES string of the molecule is N#Cc1c(N)sc2ccc(F)c(-c3c4c(c5c(N6C7CCC6CNC7)nc(OC[C@@H]6CCCN6CCO)nc5c3F)COC4)c12. The molecule has 0 saturated carbocycles. The van der Waals surface area contributed by atoms with E-state index < -0.39 is 11.6 Å². The van der Waals surface area contributed by atoms with Crippen LogP contribution in [0.1, 0.15) is 42.4 Å². The Bertz CT molecular complexity index is 1860. The second kappa shape index (κ2) is 11.3. The zero-order chi connectivity index (χ0) is 30.8. The average Bonchev–Trinajstić information content (AvgIpc) is 3.82. The molecule has 13 heteroatoms. The molecule has 3 fully saturated rings. The van der Waals surface area contributed by atoms with E-state index >= 15 is 8.78 Å². The highest BCUT2D eigenvalue weighted by Crippen LogP contribution is 2.48. The summed E-state index contributed by atoms with van der Waals surface area (Å²) in [7, 11) is 0. The van der Waals surface area contributed by atoms with Gasteiger partial charge in [0.05, 0.1) is 30.8 Å². The number of halogens is 2. The molecule has 3 atom stereocenters. The highest BCUT2D eigenvalue weighted by atomic mass is 32.1. The average molecular weight is 634 g/mol. The van der Waals surface area contributed by atoms with E-state index in [9.17, 15) is 10.4 Å². The van der Waals surface area contributed by atoms with Crippen molar-refractivity contribution in [1.29, 1.82) is 5.26 Å². The van der Waals surface area contributed by atoms with Gasteiger partial charge in [-0.1, -0.05) is 0 Å². The van der Waals surface area contributed by atoms with Gasteiger partial charge < -0.3 is 30.5 Å². The summed E-state index contributed by atoms with van der Waals surface area (Å²) in [6.07, 6.45) is 3.89. The molecule has 4 aromatic rings. The van der Waals surface area contributed by atoms with Crippen molar-refractivity contribution in [2.75, 3.05) is 50.0 Å². The molecule has 4 aliphatic heterocycles. The fourth-order valence-electron chi connectivity index (χ4n) is 7.85. The number of β-amino-alcohol motifs (C(OH)–C–C–N with tert-alkyl or cyclic N) is 1. The number of thiophene rings is 1. The van der Waals surface area contributed by atoms with Crippen LogP contribution in [0.5, 0.6) is 6.01 Å². The Morgan fingerprint density at radius 3 is 2.69 bits per heavy atom. The van der Waals surface area contributed by atoms with Crippen molar-refractivity contribution < 1.29 is 23.4 Å². The molecule has 3 saturated heterocycles. The number of anilines is 2. The maximum absolute atomic E-state index is 17.3. The first-order chi connectivity index (χ1) is 22.0. The van der Waals surface area contributed by atoms with Gasteiger partial charge in [-0.3, -0.25) is 4.90 Å². The Morgan fingerprint density at radius 1 is 1.11 bits per heavy atom. The second-order valence-corrected chi connectivity index (χ2v) is 13.3. The van der Waals surface area contributed by atoms with Crippen LogP contribution in [0, 0.1) is 23.0 Å². The van der Waals surface area contributed by atoms with Crippen molar-refractivity contribution in [3.05, 3.63) is 40.5 Å². The first-order valence-corrected chi connectivity index (χ1v) is 16.3.